The van der Waals surface area contributed by atoms with E-state index in [-0.39, 0.29) is 12.2 Å². The second kappa shape index (κ2) is 9.24. The number of nitrogens with zero attached hydrogens (tertiary/aromatic N) is 1. The predicted octanol–water partition coefficient (Wildman–Crippen LogP) is 5.58. The number of rotatable bonds is 6. The van der Waals surface area contributed by atoms with Crippen LogP contribution >= 0.6 is 15.9 Å². The van der Waals surface area contributed by atoms with Crippen LogP contribution in [0.1, 0.15) is 11.1 Å². The molecule has 8 heteroatoms. The summed E-state index contributed by atoms with van der Waals surface area (Å²) in [5.41, 5.74) is -1.40. The van der Waals surface area contributed by atoms with Crippen molar-refractivity contribution in [2.45, 2.75) is 6.18 Å². The second-order valence-electron chi connectivity index (χ2n) is 5.45. The van der Waals surface area contributed by atoms with Crippen LogP contribution in [0, 0.1) is 11.3 Å². The van der Waals surface area contributed by atoms with Gasteiger partial charge in [-0.2, -0.15) is 18.4 Å². The Morgan fingerprint density at radius 2 is 2.00 bits per heavy atom. The van der Waals surface area contributed by atoms with Crippen LogP contribution in [0.2, 0.25) is 0 Å². The van der Waals surface area contributed by atoms with Gasteiger partial charge in [-0.1, -0.05) is 40.7 Å². The molecule has 0 atom stereocenters. The van der Waals surface area contributed by atoms with E-state index in [1.54, 1.807) is 24.3 Å². The number of nitriles is 1. The summed E-state index contributed by atoms with van der Waals surface area (Å²) in [7, 11) is 0. The number of amides is 1. The molecule has 4 nitrogen and oxygen atoms in total. The molecular weight excluding hydrogens is 437 g/mol. The second-order valence-corrected chi connectivity index (χ2v) is 6.36. The zero-order valence-corrected chi connectivity index (χ0v) is 16.0. The van der Waals surface area contributed by atoms with Crippen molar-refractivity contribution in [3.05, 3.63) is 76.3 Å². The van der Waals surface area contributed by atoms with Gasteiger partial charge in [0.1, 0.15) is 24.0 Å². The normalized spacial score (nSPS) is 11.5. The van der Waals surface area contributed by atoms with E-state index in [1.807, 2.05) is 0 Å². The molecule has 1 amide bonds. The first-order chi connectivity index (χ1) is 13.3. The highest BCUT2D eigenvalue weighted by Gasteiger charge is 2.33. The van der Waals surface area contributed by atoms with Gasteiger partial charge in [-0.05, 0) is 36.4 Å². The summed E-state index contributed by atoms with van der Waals surface area (Å²) < 4.78 is 45.4. The Kier molecular flexibility index (Phi) is 7.01. The Morgan fingerprint density at radius 3 is 2.64 bits per heavy atom. The molecule has 2 rings (SSSR count). The van der Waals surface area contributed by atoms with Gasteiger partial charge in [-0.3, -0.25) is 4.79 Å². The molecule has 0 saturated heterocycles. The van der Waals surface area contributed by atoms with Crippen molar-refractivity contribution in [3.8, 4) is 11.8 Å². The molecule has 0 aliphatic carbocycles. The van der Waals surface area contributed by atoms with Gasteiger partial charge in [0.2, 0.25) is 0 Å². The summed E-state index contributed by atoms with van der Waals surface area (Å²) in [6.45, 7) is 3.75. The Balaban J connectivity index is 2.37. The van der Waals surface area contributed by atoms with E-state index >= 15 is 0 Å². The number of hydrogen-bond acceptors (Lipinski definition) is 3. The highest BCUT2D eigenvalue weighted by Crippen LogP contribution is 2.34. The van der Waals surface area contributed by atoms with Gasteiger partial charge in [0.15, 0.2) is 0 Å². The SMILES string of the molecule is C=CCOc1ccc(Br)cc1/C=C(\C#N)C(=O)Nc1ccccc1C(F)(F)F. The van der Waals surface area contributed by atoms with Gasteiger partial charge in [-0.25, -0.2) is 0 Å². The zero-order chi connectivity index (χ0) is 20.7. The summed E-state index contributed by atoms with van der Waals surface area (Å²) in [5, 5.41) is 11.5. The average molecular weight is 451 g/mol. The number of carbonyl (C=O) groups is 1. The van der Waals surface area contributed by atoms with Crippen molar-refractivity contribution in [2.75, 3.05) is 11.9 Å². The molecule has 0 aliphatic rings. The quantitative estimate of drug-likeness (QED) is 0.355. The summed E-state index contributed by atoms with van der Waals surface area (Å²) in [4.78, 5) is 12.4. The number of hydrogen-bond donors (Lipinski definition) is 1. The molecule has 0 unspecified atom stereocenters. The molecule has 2 aromatic carbocycles. The average Bonchev–Trinajstić information content (AvgIpc) is 2.64. The van der Waals surface area contributed by atoms with Gasteiger partial charge < -0.3 is 10.1 Å². The fraction of sp³-hybridized carbons (Fsp3) is 0.100. The van der Waals surface area contributed by atoms with Crippen LogP contribution in [0.15, 0.2) is 65.2 Å². The number of anilines is 1. The lowest BCUT2D eigenvalue weighted by Gasteiger charge is -2.13. The van der Waals surface area contributed by atoms with Crippen LogP contribution in [-0.2, 0) is 11.0 Å². The zero-order valence-electron chi connectivity index (χ0n) is 14.4. The minimum atomic E-state index is -4.64. The summed E-state index contributed by atoms with van der Waals surface area (Å²) >= 11 is 3.29. The maximum Gasteiger partial charge on any atom is 0.418 e. The maximum atomic E-state index is 13.1. The summed E-state index contributed by atoms with van der Waals surface area (Å²) in [5.74, 6) is -0.576. The van der Waals surface area contributed by atoms with E-state index in [0.29, 0.717) is 15.8 Å². The third-order valence-corrected chi connectivity index (χ3v) is 3.97. The lowest BCUT2D eigenvalue weighted by atomic mass is 10.1. The van der Waals surface area contributed by atoms with E-state index in [0.717, 1.165) is 12.1 Å². The molecule has 1 N–H and O–H groups in total. The van der Waals surface area contributed by atoms with Crippen LogP contribution in [0.4, 0.5) is 18.9 Å². The third-order valence-electron chi connectivity index (χ3n) is 3.47. The minimum Gasteiger partial charge on any atom is -0.489 e. The number of alkyl halides is 3. The lowest BCUT2D eigenvalue weighted by Crippen LogP contribution is -2.17. The molecular formula is C20H14BrF3N2O2. The summed E-state index contributed by atoms with van der Waals surface area (Å²) in [6, 6.07) is 11.2. The Hall–Kier alpha value is -3.05. The van der Waals surface area contributed by atoms with Gasteiger partial charge >= 0.3 is 6.18 Å². The van der Waals surface area contributed by atoms with E-state index in [2.05, 4.69) is 27.8 Å². The van der Waals surface area contributed by atoms with Crippen molar-refractivity contribution in [2.24, 2.45) is 0 Å². The fourth-order valence-electron chi connectivity index (χ4n) is 2.25. The van der Waals surface area contributed by atoms with Gasteiger partial charge in [0, 0.05) is 10.0 Å². The first-order valence-corrected chi connectivity index (χ1v) is 8.68. The minimum absolute atomic E-state index is 0.204. The Morgan fingerprint density at radius 1 is 1.29 bits per heavy atom. The van der Waals surface area contributed by atoms with Crippen molar-refractivity contribution in [3.63, 3.8) is 0 Å². The smallest absolute Gasteiger partial charge is 0.418 e. The van der Waals surface area contributed by atoms with Gasteiger partial charge in [-0.15, -0.1) is 0 Å². The van der Waals surface area contributed by atoms with Crippen molar-refractivity contribution >= 4 is 33.6 Å². The number of nitrogens with one attached hydrogen (secondary N) is 1. The van der Waals surface area contributed by atoms with Gasteiger partial charge in [0.05, 0.1) is 11.3 Å². The molecule has 0 spiro atoms. The first kappa shape index (κ1) is 21.3. The Bertz CT molecular complexity index is 963. The molecule has 0 saturated carbocycles. The number of benzene rings is 2. The van der Waals surface area contributed by atoms with Gasteiger partial charge in [0.25, 0.3) is 5.91 Å². The van der Waals surface area contributed by atoms with E-state index in [9.17, 15) is 23.2 Å². The number of carbonyl (C=O) groups excluding carboxylic acids is 1. The summed E-state index contributed by atoms with van der Waals surface area (Å²) in [6.07, 6.45) is -1.87. The van der Waals surface area contributed by atoms with E-state index in [1.165, 1.54) is 24.3 Å². The van der Waals surface area contributed by atoms with Crippen molar-refractivity contribution in [1.29, 1.82) is 5.26 Å². The van der Waals surface area contributed by atoms with Crippen LogP contribution in [0.3, 0.4) is 0 Å². The van der Waals surface area contributed by atoms with Crippen molar-refractivity contribution in [1.82, 2.24) is 0 Å². The topological polar surface area (TPSA) is 62.1 Å². The maximum absolute atomic E-state index is 13.1. The molecule has 0 radical (unpaired) electrons. The largest absolute Gasteiger partial charge is 0.489 e. The lowest BCUT2D eigenvalue weighted by molar-refractivity contribution is -0.137. The number of ether oxygens (including phenoxy) is 1. The molecule has 2 aromatic rings. The molecule has 0 heterocycles. The molecule has 144 valence electrons. The first-order valence-electron chi connectivity index (χ1n) is 7.89. The monoisotopic (exact) mass is 450 g/mol. The number of halogens is 4. The van der Waals surface area contributed by atoms with Crippen LogP contribution in [-0.4, -0.2) is 12.5 Å². The predicted molar refractivity (Wildman–Crippen MR) is 103 cm³/mol. The molecule has 28 heavy (non-hydrogen) atoms. The third kappa shape index (κ3) is 5.47. The highest BCUT2D eigenvalue weighted by atomic mass is 79.9. The standard InChI is InChI=1S/C20H14BrF3N2O2/c1-2-9-28-18-8-7-15(21)11-13(18)10-14(12-25)19(27)26-17-6-4-3-5-16(17)20(22,23)24/h2-8,10-11H,1,9H2,(H,26,27)/b14-10+. The van der Waals surface area contributed by atoms with Crippen LogP contribution < -0.4 is 10.1 Å². The molecule has 0 aliphatic heterocycles. The molecule has 0 bridgehead atoms. The highest BCUT2D eigenvalue weighted by molar-refractivity contribution is 9.10. The van der Waals surface area contributed by atoms with E-state index in [4.69, 9.17) is 4.74 Å². The van der Waals surface area contributed by atoms with Crippen LogP contribution in [0.25, 0.3) is 6.08 Å². The fourth-order valence-corrected chi connectivity index (χ4v) is 2.62. The molecule has 0 aromatic heterocycles. The molecule has 0 fully saturated rings. The number of para-hydroxylation sites is 1. The van der Waals surface area contributed by atoms with E-state index < -0.39 is 23.3 Å². The van der Waals surface area contributed by atoms with Crippen molar-refractivity contribution < 1.29 is 22.7 Å². The van der Waals surface area contributed by atoms with Crippen LogP contribution in [0.5, 0.6) is 5.75 Å². The Labute approximate surface area is 168 Å².